The summed E-state index contributed by atoms with van der Waals surface area (Å²) in [4.78, 5) is 28.4. The molecule has 1 aromatic heterocycles. The average molecular weight is 414 g/mol. The Morgan fingerprint density at radius 2 is 1.90 bits per heavy atom. The highest BCUT2D eigenvalue weighted by molar-refractivity contribution is 5.96. The summed E-state index contributed by atoms with van der Waals surface area (Å²) in [7, 11) is 0. The van der Waals surface area contributed by atoms with E-state index in [2.05, 4.69) is 15.6 Å². The monoisotopic (exact) mass is 414 g/mol. The lowest BCUT2D eigenvalue weighted by atomic mass is 9.95. The predicted octanol–water partition coefficient (Wildman–Crippen LogP) is 2.37. The number of nitrogens with one attached hydrogen (secondary N) is 2. The Kier molecular flexibility index (Phi) is 6.43. The summed E-state index contributed by atoms with van der Waals surface area (Å²) < 4.78 is 14.3. The third-order valence-corrected chi connectivity index (χ3v) is 4.16. The number of nitrogens with zero attached hydrogens (tertiary/aromatic N) is 2. The number of hydrogen-bond acceptors (Lipinski definition) is 6. The van der Waals surface area contributed by atoms with E-state index in [4.69, 9.17) is 5.26 Å². The van der Waals surface area contributed by atoms with Gasteiger partial charge in [0.25, 0.3) is 5.91 Å². The number of pyridine rings is 1. The van der Waals surface area contributed by atoms with E-state index in [-0.39, 0.29) is 34.7 Å². The molecule has 0 saturated heterocycles. The Morgan fingerprint density at radius 1 is 1.23 bits per heavy atom. The fraction of sp³-hybridized carbons (Fsp3) is 0.333. The number of aliphatic hydroxyl groups is 1. The minimum atomic E-state index is -1.44. The lowest BCUT2D eigenvalue weighted by molar-refractivity contribution is -0.115. The lowest BCUT2D eigenvalue weighted by Crippen LogP contribution is -2.42. The summed E-state index contributed by atoms with van der Waals surface area (Å²) in [5, 5.41) is 34.0. The largest absolute Gasteiger partial charge is 0.508 e. The first-order valence-electron chi connectivity index (χ1n) is 9.06. The molecule has 30 heavy (non-hydrogen) atoms. The third kappa shape index (κ3) is 5.75. The first-order chi connectivity index (χ1) is 13.8. The SMILES string of the molecule is CC(C)(C#N)NC(=O)c1cc(NC(=O)Cc2cc(O)c(C(C)(C)O)cc2F)ccn1. The lowest BCUT2D eigenvalue weighted by Gasteiger charge is -2.20. The second kappa shape index (κ2) is 8.47. The Morgan fingerprint density at radius 3 is 2.50 bits per heavy atom. The summed E-state index contributed by atoms with van der Waals surface area (Å²) in [6.07, 6.45) is 0.936. The molecule has 2 aromatic rings. The van der Waals surface area contributed by atoms with Crippen LogP contribution < -0.4 is 10.6 Å². The number of phenols is 1. The normalized spacial score (nSPS) is 11.5. The molecule has 2 amide bonds. The van der Waals surface area contributed by atoms with Crippen molar-refractivity contribution in [3.8, 4) is 11.8 Å². The highest BCUT2D eigenvalue weighted by Gasteiger charge is 2.24. The number of halogens is 1. The minimum absolute atomic E-state index is 0.00511. The van der Waals surface area contributed by atoms with Crippen LogP contribution in [-0.4, -0.2) is 32.6 Å². The number of rotatable bonds is 6. The van der Waals surface area contributed by atoms with Crippen molar-refractivity contribution < 1.29 is 24.2 Å². The molecule has 0 aliphatic carbocycles. The van der Waals surface area contributed by atoms with Crippen molar-refractivity contribution in [2.24, 2.45) is 0 Å². The Labute approximate surface area is 173 Å². The number of carbonyl (C=O) groups is 2. The highest BCUT2D eigenvalue weighted by atomic mass is 19.1. The first-order valence-corrected chi connectivity index (χ1v) is 9.06. The van der Waals surface area contributed by atoms with E-state index < -0.39 is 28.8 Å². The fourth-order valence-corrected chi connectivity index (χ4v) is 2.62. The van der Waals surface area contributed by atoms with Gasteiger partial charge in [0, 0.05) is 23.0 Å². The fourth-order valence-electron chi connectivity index (χ4n) is 2.62. The maximum atomic E-state index is 14.3. The number of benzene rings is 1. The van der Waals surface area contributed by atoms with E-state index in [1.807, 2.05) is 6.07 Å². The summed E-state index contributed by atoms with van der Waals surface area (Å²) in [6, 6.07) is 6.80. The zero-order valence-corrected chi connectivity index (χ0v) is 17.1. The van der Waals surface area contributed by atoms with E-state index in [0.717, 1.165) is 12.1 Å². The van der Waals surface area contributed by atoms with Crippen molar-refractivity contribution in [3.05, 3.63) is 53.1 Å². The van der Waals surface area contributed by atoms with Crippen molar-refractivity contribution in [1.82, 2.24) is 10.3 Å². The van der Waals surface area contributed by atoms with Crippen molar-refractivity contribution in [2.45, 2.75) is 45.3 Å². The molecular weight excluding hydrogens is 391 g/mol. The van der Waals surface area contributed by atoms with E-state index in [1.54, 1.807) is 0 Å². The van der Waals surface area contributed by atoms with Gasteiger partial charge in [-0.2, -0.15) is 5.26 Å². The smallest absolute Gasteiger partial charge is 0.271 e. The number of aromatic hydroxyl groups is 1. The number of aromatic nitrogens is 1. The van der Waals surface area contributed by atoms with Gasteiger partial charge >= 0.3 is 0 Å². The molecule has 2 rings (SSSR count). The quantitative estimate of drug-likeness (QED) is 0.573. The van der Waals surface area contributed by atoms with Crippen LogP contribution in [0.25, 0.3) is 0 Å². The molecule has 0 radical (unpaired) electrons. The number of phenolic OH excluding ortho intramolecular Hbond substituents is 1. The van der Waals surface area contributed by atoms with E-state index in [0.29, 0.717) is 0 Å². The van der Waals surface area contributed by atoms with Crippen LogP contribution in [-0.2, 0) is 16.8 Å². The van der Waals surface area contributed by atoms with Crippen LogP contribution >= 0.6 is 0 Å². The van der Waals surface area contributed by atoms with Gasteiger partial charge < -0.3 is 20.8 Å². The predicted molar refractivity (Wildman–Crippen MR) is 107 cm³/mol. The molecule has 0 atom stereocenters. The van der Waals surface area contributed by atoms with Gasteiger partial charge in [-0.25, -0.2) is 4.39 Å². The number of anilines is 1. The molecule has 158 valence electrons. The Hall–Kier alpha value is -3.51. The number of amides is 2. The van der Waals surface area contributed by atoms with Crippen molar-refractivity contribution in [3.63, 3.8) is 0 Å². The average Bonchev–Trinajstić information content (AvgIpc) is 2.63. The van der Waals surface area contributed by atoms with Crippen LogP contribution in [0.1, 0.15) is 49.3 Å². The molecule has 0 saturated carbocycles. The molecule has 0 aliphatic heterocycles. The van der Waals surface area contributed by atoms with E-state index in [9.17, 15) is 24.2 Å². The van der Waals surface area contributed by atoms with Crippen LogP contribution in [0.3, 0.4) is 0 Å². The van der Waals surface area contributed by atoms with Crippen LogP contribution in [0, 0.1) is 17.1 Å². The van der Waals surface area contributed by atoms with Gasteiger partial charge in [-0.3, -0.25) is 14.6 Å². The molecule has 0 unspecified atom stereocenters. The van der Waals surface area contributed by atoms with Crippen LogP contribution in [0.15, 0.2) is 30.5 Å². The summed E-state index contributed by atoms with van der Waals surface area (Å²) in [5.74, 6) is -2.24. The summed E-state index contributed by atoms with van der Waals surface area (Å²) in [6.45, 7) is 5.87. The molecule has 8 nitrogen and oxygen atoms in total. The zero-order valence-electron chi connectivity index (χ0n) is 17.1. The van der Waals surface area contributed by atoms with E-state index >= 15 is 0 Å². The number of hydrogen-bond donors (Lipinski definition) is 4. The molecular formula is C21H23FN4O4. The van der Waals surface area contributed by atoms with Gasteiger partial charge in [0.1, 0.15) is 22.8 Å². The Bertz CT molecular complexity index is 1020. The Balaban J connectivity index is 2.14. The maximum Gasteiger partial charge on any atom is 0.271 e. The van der Waals surface area contributed by atoms with Crippen LogP contribution in [0.4, 0.5) is 10.1 Å². The molecule has 1 aromatic carbocycles. The van der Waals surface area contributed by atoms with Crippen molar-refractivity contribution in [2.75, 3.05) is 5.32 Å². The van der Waals surface area contributed by atoms with Gasteiger partial charge in [-0.15, -0.1) is 0 Å². The minimum Gasteiger partial charge on any atom is -0.508 e. The molecule has 9 heteroatoms. The molecule has 1 heterocycles. The topological polar surface area (TPSA) is 135 Å². The third-order valence-electron chi connectivity index (χ3n) is 4.16. The van der Waals surface area contributed by atoms with Gasteiger partial charge in [0.2, 0.25) is 5.91 Å². The van der Waals surface area contributed by atoms with Crippen LogP contribution in [0.2, 0.25) is 0 Å². The standard InChI is InChI=1S/C21H23FN4O4/c1-20(2,11-23)26-19(29)16-9-13(5-6-24-16)25-18(28)8-12-7-17(27)14(10-15(12)22)21(3,4)30/h5-7,9-10,27,30H,8H2,1-4H3,(H,26,29)(H,24,25,28). The number of nitriles is 1. The second-order valence-electron chi connectivity index (χ2n) is 7.87. The highest BCUT2D eigenvalue weighted by Crippen LogP contribution is 2.31. The molecule has 0 spiro atoms. The van der Waals surface area contributed by atoms with Gasteiger partial charge in [-0.05, 0) is 52.0 Å². The molecule has 0 bridgehead atoms. The molecule has 0 aliphatic rings. The first kappa shape index (κ1) is 22.8. The molecule has 0 fully saturated rings. The van der Waals surface area contributed by atoms with Crippen molar-refractivity contribution >= 4 is 17.5 Å². The summed E-state index contributed by atoms with van der Waals surface area (Å²) in [5.41, 5.74) is -2.33. The van der Waals surface area contributed by atoms with Crippen molar-refractivity contribution in [1.29, 1.82) is 5.26 Å². The van der Waals surface area contributed by atoms with Gasteiger partial charge in [-0.1, -0.05) is 0 Å². The van der Waals surface area contributed by atoms with Crippen LogP contribution in [0.5, 0.6) is 5.75 Å². The molecule has 4 N–H and O–H groups in total. The zero-order chi connectivity index (χ0) is 22.7. The number of carbonyl (C=O) groups excluding carboxylic acids is 2. The summed E-state index contributed by atoms with van der Waals surface area (Å²) >= 11 is 0. The van der Waals surface area contributed by atoms with Gasteiger partial charge in [0.05, 0.1) is 18.1 Å². The van der Waals surface area contributed by atoms with E-state index in [1.165, 1.54) is 46.0 Å². The van der Waals surface area contributed by atoms with Gasteiger partial charge in [0.15, 0.2) is 0 Å². The second-order valence-corrected chi connectivity index (χ2v) is 7.87. The maximum absolute atomic E-state index is 14.3.